The number of esters is 1. The maximum atomic E-state index is 13.6. The summed E-state index contributed by atoms with van der Waals surface area (Å²) in [5, 5.41) is 11.6. The number of Topliss-reactive ketones (excluding diaryl/α,β-unsaturated/α-hetero) is 1. The van der Waals surface area contributed by atoms with E-state index in [1.807, 2.05) is 30.3 Å². The van der Waals surface area contributed by atoms with Crippen LogP contribution in [0.2, 0.25) is 0 Å². The maximum absolute atomic E-state index is 13.6. The molecule has 1 aliphatic rings. The molecule has 2 heterocycles. The van der Waals surface area contributed by atoms with Gasteiger partial charge in [0.25, 0.3) is 5.78 Å². The van der Waals surface area contributed by atoms with Crippen molar-refractivity contribution in [3.05, 3.63) is 106 Å². The van der Waals surface area contributed by atoms with Crippen molar-refractivity contribution < 1.29 is 38.4 Å². The molecular formula is C32H28N2O8S. The van der Waals surface area contributed by atoms with Crippen LogP contribution in [0, 0.1) is 6.92 Å². The molecule has 5 rings (SSSR count). The van der Waals surface area contributed by atoms with Crippen LogP contribution in [-0.4, -0.2) is 49.1 Å². The van der Waals surface area contributed by atoms with Gasteiger partial charge in [-0.2, -0.15) is 0 Å². The van der Waals surface area contributed by atoms with Crippen molar-refractivity contribution in [2.75, 3.05) is 26.2 Å². The van der Waals surface area contributed by atoms with Gasteiger partial charge in [-0.15, -0.1) is 0 Å². The molecule has 0 bridgehead atoms. The molecule has 1 aromatic heterocycles. The third-order valence-electron chi connectivity index (χ3n) is 6.91. The summed E-state index contributed by atoms with van der Waals surface area (Å²) < 4.78 is 21.8. The van der Waals surface area contributed by atoms with Gasteiger partial charge in [0.05, 0.1) is 32.6 Å². The predicted molar refractivity (Wildman–Crippen MR) is 160 cm³/mol. The van der Waals surface area contributed by atoms with E-state index in [-0.39, 0.29) is 21.3 Å². The second kappa shape index (κ2) is 12.4. The molecule has 10 nitrogen and oxygen atoms in total. The molecule has 1 unspecified atom stereocenters. The van der Waals surface area contributed by atoms with E-state index in [1.54, 1.807) is 49.4 Å². The largest absolute Gasteiger partial charge is 0.507 e. The van der Waals surface area contributed by atoms with E-state index in [0.29, 0.717) is 34.9 Å². The highest BCUT2D eigenvalue weighted by Crippen LogP contribution is 2.48. The lowest BCUT2D eigenvalue weighted by Crippen LogP contribution is -2.29. The highest BCUT2D eigenvalue weighted by Gasteiger charge is 2.49. The molecular weight excluding hydrogens is 572 g/mol. The zero-order chi connectivity index (χ0) is 30.7. The first-order chi connectivity index (χ1) is 20.8. The quantitative estimate of drug-likeness (QED) is 0.115. The third kappa shape index (κ3) is 5.54. The van der Waals surface area contributed by atoms with Crippen LogP contribution in [0.4, 0.5) is 5.13 Å². The van der Waals surface area contributed by atoms with Crippen molar-refractivity contribution in [1.82, 2.24) is 4.98 Å². The van der Waals surface area contributed by atoms with Gasteiger partial charge in [-0.05, 0) is 42.8 Å². The van der Waals surface area contributed by atoms with Gasteiger partial charge in [-0.1, -0.05) is 53.8 Å². The normalized spacial score (nSPS) is 15.8. The maximum Gasteiger partial charge on any atom is 0.350 e. The Morgan fingerprint density at radius 3 is 2.33 bits per heavy atom. The number of ketones is 1. The van der Waals surface area contributed by atoms with Crippen molar-refractivity contribution in [2.24, 2.45) is 0 Å². The van der Waals surface area contributed by atoms with Crippen LogP contribution in [0.5, 0.6) is 17.2 Å². The number of amides is 1. The minimum Gasteiger partial charge on any atom is -0.507 e. The summed E-state index contributed by atoms with van der Waals surface area (Å²) in [5.41, 5.74) is 1.81. The number of aliphatic hydroxyl groups is 1. The van der Waals surface area contributed by atoms with Crippen LogP contribution in [0.1, 0.15) is 38.1 Å². The van der Waals surface area contributed by atoms with Crippen molar-refractivity contribution in [1.29, 1.82) is 0 Å². The number of hydrogen-bond donors (Lipinski definition) is 1. The van der Waals surface area contributed by atoms with Crippen LogP contribution in [0.25, 0.3) is 5.76 Å². The van der Waals surface area contributed by atoms with Crippen LogP contribution in [0.15, 0.2) is 78.4 Å². The number of methoxy groups -OCH3 is 3. The first-order valence-corrected chi connectivity index (χ1v) is 14.0. The number of aryl methyl sites for hydroxylation is 1. The smallest absolute Gasteiger partial charge is 0.350 e. The number of carbonyl (C=O) groups excluding carboxylic acids is 3. The molecule has 220 valence electrons. The molecule has 1 saturated heterocycles. The monoisotopic (exact) mass is 600 g/mol. The number of thiazole rings is 1. The van der Waals surface area contributed by atoms with Gasteiger partial charge in [0.1, 0.15) is 29.0 Å². The van der Waals surface area contributed by atoms with Crippen molar-refractivity contribution in [3.63, 3.8) is 0 Å². The number of benzene rings is 3. The average molecular weight is 601 g/mol. The van der Waals surface area contributed by atoms with E-state index in [4.69, 9.17) is 18.9 Å². The summed E-state index contributed by atoms with van der Waals surface area (Å²) in [6.07, 6.45) is 0. The van der Waals surface area contributed by atoms with Crippen molar-refractivity contribution >= 4 is 39.9 Å². The zero-order valence-corrected chi connectivity index (χ0v) is 24.6. The Labute approximate surface area is 251 Å². The molecule has 1 atom stereocenters. The predicted octanol–water partition coefficient (Wildman–Crippen LogP) is 5.46. The summed E-state index contributed by atoms with van der Waals surface area (Å²) in [5.74, 6) is -1.70. The minimum absolute atomic E-state index is 0.0820. The Morgan fingerprint density at radius 1 is 0.953 bits per heavy atom. The number of carbonyl (C=O) groups is 3. The lowest BCUT2D eigenvalue weighted by molar-refractivity contribution is -0.132. The van der Waals surface area contributed by atoms with Crippen LogP contribution in [0.3, 0.4) is 0 Å². The number of nitrogens with zero attached hydrogens (tertiary/aromatic N) is 2. The molecule has 0 radical (unpaired) electrons. The lowest BCUT2D eigenvalue weighted by atomic mass is 9.94. The van der Waals surface area contributed by atoms with E-state index in [1.165, 1.54) is 21.3 Å². The summed E-state index contributed by atoms with van der Waals surface area (Å²) in [7, 11) is 4.14. The second-order valence-electron chi connectivity index (χ2n) is 9.45. The molecule has 1 N–H and O–H groups in total. The molecule has 43 heavy (non-hydrogen) atoms. The van der Waals surface area contributed by atoms with Gasteiger partial charge in [-0.25, -0.2) is 9.78 Å². The van der Waals surface area contributed by atoms with Gasteiger partial charge in [0.2, 0.25) is 0 Å². The van der Waals surface area contributed by atoms with Gasteiger partial charge in [-0.3, -0.25) is 14.5 Å². The fourth-order valence-corrected chi connectivity index (χ4v) is 5.84. The summed E-state index contributed by atoms with van der Waals surface area (Å²) in [4.78, 5) is 45.3. The number of aromatic nitrogens is 1. The molecule has 0 aliphatic carbocycles. The van der Waals surface area contributed by atoms with Crippen LogP contribution >= 0.6 is 11.3 Å². The van der Waals surface area contributed by atoms with Gasteiger partial charge in [0, 0.05) is 11.1 Å². The van der Waals surface area contributed by atoms with E-state index in [2.05, 4.69) is 4.98 Å². The van der Waals surface area contributed by atoms with Gasteiger partial charge < -0.3 is 24.1 Å². The number of ether oxygens (including phenoxy) is 4. The molecule has 0 saturated carbocycles. The molecule has 11 heteroatoms. The zero-order valence-electron chi connectivity index (χ0n) is 23.8. The number of anilines is 1. The van der Waals surface area contributed by atoms with E-state index in [0.717, 1.165) is 21.8 Å². The standard InChI is InChI=1S/C32H28N2O8S/c1-18-29(31(38)41-4)43-32(33-18)34-25(22-11-8-12-23(39-2)28(22)40-3)24(27(36)30(34)37)26(35)20-13-15-21(16-14-20)42-17-19-9-6-5-7-10-19/h5-16,25,35H,17H2,1-4H3/b26-24+. The molecule has 1 fully saturated rings. The van der Waals surface area contributed by atoms with Gasteiger partial charge >= 0.3 is 11.9 Å². The fourth-order valence-electron chi connectivity index (χ4n) is 4.82. The second-order valence-corrected chi connectivity index (χ2v) is 10.4. The Kier molecular flexibility index (Phi) is 8.44. The first kappa shape index (κ1) is 29.3. The topological polar surface area (TPSA) is 124 Å². The van der Waals surface area contributed by atoms with Crippen molar-refractivity contribution in [2.45, 2.75) is 19.6 Å². The number of rotatable bonds is 9. The molecule has 3 aromatic carbocycles. The molecule has 1 amide bonds. The molecule has 0 spiro atoms. The highest BCUT2D eigenvalue weighted by molar-refractivity contribution is 7.17. The summed E-state index contributed by atoms with van der Waals surface area (Å²) >= 11 is 0.907. The number of aliphatic hydroxyl groups excluding tert-OH is 1. The number of para-hydroxylation sites is 1. The van der Waals surface area contributed by atoms with E-state index in [9.17, 15) is 19.5 Å². The molecule has 1 aliphatic heterocycles. The Morgan fingerprint density at radius 2 is 1.67 bits per heavy atom. The Hall–Kier alpha value is -5.16. The summed E-state index contributed by atoms with van der Waals surface area (Å²) in [6.45, 7) is 1.96. The number of hydrogen-bond acceptors (Lipinski definition) is 10. The molecule has 4 aromatic rings. The fraction of sp³-hybridized carbons (Fsp3) is 0.188. The van der Waals surface area contributed by atoms with Crippen LogP contribution in [-0.2, 0) is 20.9 Å². The van der Waals surface area contributed by atoms with Crippen molar-refractivity contribution in [3.8, 4) is 17.2 Å². The third-order valence-corrected chi connectivity index (χ3v) is 8.05. The van der Waals surface area contributed by atoms with Crippen LogP contribution < -0.4 is 19.1 Å². The lowest BCUT2D eigenvalue weighted by Gasteiger charge is -2.25. The van der Waals surface area contributed by atoms with Gasteiger partial charge in [0.15, 0.2) is 16.6 Å². The van der Waals surface area contributed by atoms with E-state index >= 15 is 0 Å². The summed E-state index contributed by atoms with van der Waals surface area (Å²) in [6, 6.07) is 20.1. The average Bonchev–Trinajstić information content (AvgIpc) is 3.55. The SMILES string of the molecule is COC(=O)c1sc(N2C(=O)C(=O)/C(=C(/O)c3ccc(OCc4ccccc4)cc3)C2c2cccc(OC)c2OC)nc1C. The first-order valence-electron chi connectivity index (χ1n) is 13.1. The highest BCUT2D eigenvalue weighted by atomic mass is 32.1. The minimum atomic E-state index is -1.16. The Bertz CT molecular complexity index is 1710. The Balaban J connectivity index is 1.61. The van der Waals surface area contributed by atoms with E-state index < -0.39 is 29.5 Å².